The Balaban J connectivity index is 4.18. The summed E-state index contributed by atoms with van der Waals surface area (Å²) < 4.78 is 0. The molecule has 12 heavy (non-hydrogen) atoms. The Morgan fingerprint density at radius 3 is 2.25 bits per heavy atom. The number of likely N-dealkylation sites (N-methyl/N-ethyl adjacent to an activating group) is 1. The molecule has 0 aliphatic rings. The average molecular weight is 169 g/mol. The average Bonchev–Trinajstić information content (AvgIpc) is 1.97. The van der Waals surface area contributed by atoms with Gasteiger partial charge in [0, 0.05) is 13.1 Å². The predicted molar refractivity (Wildman–Crippen MR) is 51.9 cm³/mol. The Hall–Kier alpha value is -0.790. The molecular formula is C10H19NO. The van der Waals surface area contributed by atoms with E-state index in [0.717, 1.165) is 13.1 Å². The van der Waals surface area contributed by atoms with Crippen LogP contribution in [0.2, 0.25) is 0 Å². The van der Waals surface area contributed by atoms with E-state index in [-0.39, 0.29) is 11.3 Å². The van der Waals surface area contributed by atoms with Gasteiger partial charge in [-0.25, -0.2) is 0 Å². The standard InChI is InChI=1S/C10H19NO/c1-6-9(12)11(7-2)8-10(3,4)5/h6H,1,7-8H2,2-5H3. The van der Waals surface area contributed by atoms with Crippen molar-refractivity contribution in [3.63, 3.8) is 0 Å². The third-order valence-corrected chi connectivity index (χ3v) is 1.53. The summed E-state index contributed by atoms with van der Waals surface area (Å²) in [7, 11) is 0. The largest absolute Gasteiger partial charge is 0.339 e. The second-order valence-electron chi connectivity index (χ2n) is 4.12. The van der Waals surface area contributed by atoms with Crippen molar-refractivity contribution in [1.82, 2.24) is 4.90 Å². The molecule has 0 heterocycles. The zero-order valence-corrected chi connectivity index (χ0v) is 8.55. The van der Waals surface area contributed by atoms with E-state index < -0.39 is 0 Å². The molecule has 2 nitrogen and oxygen atoms in total. The van der Waals surface area contributed by atoms with E-state index in [9.17, 15) is 4.79 Å². The van der Waals surface area contributed by atoms with Crippen molar-refractivity contribution < 1.29 is 4.79 Å². The van der Waals surface area contributed by atoms with E-state index in [0.29, 0.717) is 0 Å². The lowest BCUT2D eigenvalue weighted by molar-refractivity contribution is -0.127. The first-order chi connectivity index (χ1) is 5.40. The second kappa shape index (κ2) is 4.29. The highest BCUT2D eigenvalue weighted by Crippen LogP contribution is 2.14. The maximum absolute atomic E-state index is 11.2. The molecule has 70 valence electrons. The third kappa shape index (κ3) is 4.16. The molecule has 0 spiro atoms. The van der Waals surface area contributed by atoms with Gasteiger partial charge in [-0.3, -0.25) is 4.79 Å². The van der Waals surface area contributed by atoms with Crippen LogP contribution in [0.5, 0.6) is 0 Å². The number of rotatable bonds is 3. The summed E-state index contributed by atoms with van der Waals surface area (Å²) in [5.74, 6) is 0.0208. The van der Waals surface area contributed by atoms with Gasteiger partial charge in [-0.15, -0.1) is 0 Å². The molecular weight excluding hydrogens is 150 g/mol. The van der Waals surface area contributed by atoms with Crippen LogP contribution < -0.4 is 0 Å². The smallest absolute Gasteiger partial charge is 0.245 e. The van der Waals surface area contributed by atoms with Gasteiger partial charge in [-0.2, -0.15) is 0 Å². The quantitative estimate of drug-likeness (QED) is 0.592. The Bertz CT molecular complexity index is 167. The summed E-state index contributed by atoms with van der Waals surface area (Å²) in [6, 6.07) is 0. The van der Waals surface area contributed by atoms with Crippen LogP contribution in [0.4, 0.5) is 0 Å². The molecule has 0 fully saturated rings. The summed E-state index contributed by atoms with van der Waals surface area (Å²) in [5, 5.41) is 0. The molecule has 0 radical (unpaired) electrons. The highest BCUT2D eigenvalue weighted by molar-refractivity contribution is 5.86. The summed E-state index contributed by atoms with van der Waals surface area (Å²) in [5.41, 5.74) is 0.161. The fourth-order valence-corrected chi connectivity index (χ4v) is 1.05. The van der Waals surface area contributed by atoms with Gasteiger partial charge in [-0.1, -0.05) is 27.4 Å². The van der Waals surface area contributed by atoms with Crippen LogP contribution in [-0.4, -0.2) is 23.9 Å². The zero-order chi connectivity index (χ0) is 9.78. The maximum Gasteiger partial charge on any atom is 0.245 e. The van der Waals surface area contributed by atoms with E-state index in [1.165, 1.54) is 6.08 Å². The minimum atomic E-state index is 0.0208. The van der Waals surface area contributed by atoms with E-state index in [2.05, 4.69) is 27.4 Å². The number of hydrogen-bond acceptors (Lipinski definition) is 1. The summed E-state index contributed by atoms with van der Waals surface area (Å²) >= 11 is 0. The molecule has 0 N–H and O–H groups in total. The topological polar surface area (TPSA) is 20.3 Å². The molecule has 0 aliphatic carbocycles. The number of amides is 1. The Morgan fingerprint density at radius 1 is 1.50 bits per heavy atom. The fraction of sp³-hybridized carbons (Fsp3) is 0.700. The van der Waals surface area contributed by atoms with Crippen LogP contribution in [-0.2, 0) is 4.79 Å². The molecule has 0 atom stereocenters. The first-order valence-corrected chi connectivity index (χ1v) is 4.32. The first-order valence-electron chi connectivity index (χ1n) is 4.32. The van der Waals surface area contributed by atoms with Crippen molar-refractivity contribution in [2.24, 2.45) is 5.41 Å². The van der Waals surface area contributed by atoms with Crippen molar-refractivity contribution in [3.8, 4) is 0 Å². The molecule has 1 amide bonds. The SMILES string of the molecule is C=CC(=O)N(CC)CC(C)(C)C. The van der Waals surface area contributed by atoms with Gasteiger partial charge in [0.1, 0.15) is 0 Å². The van der Waals surface area contributed by atoms with Crippen LogP contribution in [0.1, 0.15) is 27.7 Å². The van der Waals surface area contributed by atoms with Crippen molar-refractivity contribution >= 4 is 5.91 Å². The minimum absolute atomic E-state index is 0.0208. The molecule has 0 saturated carbocycles. The highest BCUT2D eigenvalue weighted by atomic mass is 16.2. The zero-order valence-electron chi connectivity index (χ0n) is 8.55. The predicted octanol–water partition coefficient (Wildman–Crippen LogP) is 2.07. The third-order valence-electron chi connectivity index (χ3n) is 1.53. The molecule has 0 aliphatic heterocycles. The normalized spacial score (nSPS) is 11.0. The van der Waals surface area contributed by atoms with Crippen molar-refractivity contribution in [2.45, 2.75) is 27.7 Å². The molecule has 2 heteroatoms. The molecule has 0 bridgehead atoms. The molecule has 0 aromatic rings. The lowest BCUT2D eigenvalue weighted by Gasteiger charge is -2.28. The van der Waals surface area contributed by atoms with E-state index in [1.54, 1.807) is 4.90 Å². The van der Waals surface area contributed by atoms with Crippen molar-refractivity contribution in [1.29, 1.82) is 0 Å². The van der Waals surface area contributed by atoms with Crippen LogP contribution >= 0.6 is 0 Å². The first kappa shape index (κ1) is 11.2. The molecule has 0 aromatic heterocycles. The minimum Gasteiger partial charge on any atom is -0.339 e. The Kier molecular flexibility index (Phi) is 4.01. The van der Waals surface area contributed by atoms with Gasteiger partial charge in [0.2, 0.25) is 5.91 Å². The molecule has 0 saturated heterocycles. The van der Waals surface area contributed by atoms with Gasteiger partial charge >= 0.3 is 0 Å². The molecule has 0 unspecified atom stereocenters. The number of nitrogens with zero attached hydrogens (tertiary/aromatic N) is 1. The van der Waals surface area contributed by atoms with Crippen molar-refractivity contribution in [3.05, 3.63) is 12.7 Å². The van der Waals surface area contributed by atoms with Crippen molar-refractivity contribution in [2.75, 3.05) is 13.1 Å². The van der Waals surface area contributed by atoms with Gasteiger partial charge < -0.3 is 4.90 Å². The summed E-state index contributed by atoms with van der Waals surface area (Å²) in [6.07, 6.45) is 1.37. The maximum atomic E-state index is 11.2. The monoisotopic (exact) mass is 169 g/mol. The fourth-order valence-electron chi connectivity index (χ4n) is 1.05. The summed E-state index contributed by atoms with van der Waals surface area (Å²) in [6.45, 7) is 13.3. The molecule has 0 rings (SSSR count). The van der Waals surface area contributed by atoms with Gasteiger partial charge in [-0.05, 0) is 18.4 Å². The summed E-state index contributed by atoms with van der Waals surface area (Å²) in [4.78, 5) is 13.0. The van der Waals surface area contributed by atoms with Gasteiger partial charge in [0.05, 0.1) is 0 Å². The number of carbonyl (C=O) groups excluding carboxylic acids is 1. The molecule has 0 aromatic carbocycles. The highest BCUT2D eigenvalue weighted by Gasteiger charge is 2.17. The van der Waals surface area contributed by atoms with Crippen LogP contribution in [0.15, 0.2) is 12.7 Å². The van der Waals surface area contributed by atoms with Crippen LogP contribution in [0, 0.1) is 5.41 Å². The van der Waals surface area contributed by atoms with Gasteiger partial charge in [0.25, 0.3) is 0 Å². The van der Waals surface area contributed by atoms with Gasteiger partial charge in [0.15, 0.2) is 0 Å². The van der Waals surface area contributed by atoms with E-state index >= 15 is 0 Å². The lowest BCUT2D eigenvalue weighted by atomic mass is 9.96. The number of carbonyl (C=O) groups is 1. The number of hydrogen-bond donors (Lipinski definition) is 0. The van der Waals surface area contributed by atoms with Crippen LogP contribution in [0.25, 0.3) is 0 Å². The van der Waals surface area contributed by atoms with E-state index in [4.69, 9.17) is 0 Å². The van der Waals surface area contributed by atoms with E-state index in [1.807, 2.05) is 6.92 Å². The Morgan fingerprint density at radius 2 is 2.00 bits per heavy atom. The second-order valence-corrected chi connectivity index (χ2v) is 4.12. The van der Waals surface area contributed by atoms with Crippen LogP contribution in [0.3, 0.4) is 0 Å². The lowest BCUT2D eigenvalue weighted by Crippen LogP contribution is -2.36. The Labute approximate surface area is 75.3 Å².